The summed E-state index contributed by atoms with van der Waals surface area (Å²) in [5.74, 6) is -0.597. The van der Waals surface area contributed by atoms with Crippen LogP contribution in [0.25, 0.3) is 0 Å². The van der Waals surface area contributed by atoms with Crippen molar-refractivity contribution >= 4 is 33.3 Å². The molecular formula is C24H30ClN2O4S+. The number of halogens is 1. The molecule has 32 heavy (non-hydrogen) atoms. The molecule has 1 N–H and O–H groups in total. The number of amides is 2. The number of benzene rings is 2. The van der Waals surface area contributed by atoms with Crippen LogP contribution in [-0.2, 0) is 25.2 Å². The number of hydrogen-bond acceptors (Lipinski definition) is 4. The standard InChI is InChI=1S/C24H29ClN2O4S/c1-18(21-13-6-7-14-22(21)25)10-8-9-15-27(26-19(2)28)23(29)16-24(27)32(30,31)17-20-11-4-3-5-12-20/h3-7,11-14,18,24H,8-10,15-17H2,1-2H3/p+1. The van der Waals surface area contributed by atoms with Crippen molar-refractivity contribution in [3.05, 3.63) is 70.7 Å². The minimum absolute atomic E-state index is 0.0779. The summed E-state index contributed by atoms with van der Waals surface area (Å²) in [5.41, 5.74) is 4.40. The molecule has 8 heteroatoms. The van der Waals surface area contributed by atoms with E-state index in [9.17, 15) is 18.0 Å². The van der Waals surface area contributed by atoms with Gasteiger partial charge in [-0.3, -0.25) is 4.79 Å². The molecule has 0 spiro atoms. The topological polar surface area (TPSA) is 80.3 Å². The summed E-state index contributed by atoms with van der Waals surface area (Å²) >= 11 is 6.29. The molecule has 1 fully saturated rings. The van der Waals surface area contributed by atoms with Crippen molar-refractivity contribution in [2.45, 2.75) is 56.6 Å². The smallest absolute Gasteiger partial charge is 0.270 e. The van der Waals surface area contributed by atoms with Crippen molar-refractivity contribution in [1.82, 2.24) is 5.43 Å². The summed E-state index contributed by atoms with van der Waals surface area (Å²) in [6.45, 7) is 3.67. The van der Waals surface area contributed by atoms with Crippen molar-refractivity contribution < 1.29 is 22.6 Å². The SMILES string of the molecule is CC(=O)N[N+]1(CCCCC(C)c2ccccc2Cl)C(=O)CC1S(=O)(=O)Cc1ccccc1. The number of carbonyl (C=O) groups is 2. The van der Waals surface area contributed by atoms with Crippen LogP contribution in [0.3, 0.4) is 0 Å². The third-order valence-corrected chi connectivity index (χ3v) is 8.54. The molecule has 1 saturated heterocycles. The lowest BCUT2D eigenvalue weighted by atomic mass is 9.95. The van der Waals surface area contributed by atoms with Crippen molar-refractivity contribution in [2.24, 2.45) is 0 Å². The fraction of sp³-hybridized carbons (Fsp3) is 0.417. The van der Waals surface area contributed by atoms with Gasteiger partial charge in [-0.25, -0.2) is 13.2 Å². The molecule has 0 aliphatic carbocycles. The number of β-lactam (4-membered cyclic amide) rings is 1. The second-order valence-electron chi connectivity index (χ2n) is 8.52. The molecule has 0 aromatic heterocycles. The van der Waals surface area contributed by atoms with Crippen LogP contribution in [0.5, 0.6) is 0 Å². The minimum Gasteiger partial charge on any atom is -0.270 e. The third kappa shape index (κ3) is 5.39. The molecular weight excluding hydrogens is 448 g/mol. The van der Waals surface area contributed by atoms with Gasteiger partial charge >= 0.3 is 5.91 Å². The molecule has 6 nitrogen and oxygen atoms in total. The van der Waals surface area contributed by atoms with Crippen LogP contribution in [0.15, 0.2) is 54.6 Å². The molecule has 1 aliphatic rings. The van der Waals surface area contributed by atoms with Gasteiger partial charge < -0.3 is 0 Å². The Kier molecular flexibility index (Phi) is 7.75. The quantitative estimate of drug-likeness (QED) is 0.313. The van der Waals surface area contributed by atoms with Gasteiger partial charge in [0.25, 0.3) is 5.91 Å². The first-order valence-electron chi connectivity index (χ1n) is 10.9. The number of rotatable bonds is 10. The van der Waals surface area contributed by atoms with Gasteiger partial charge in [0.1, 0.15) is 13.0 Å². The summed E-state index contributed by atoms with van der Waals surface area (Å²) in [5, 5.41) is -0.230. The molecule has 1 heterocycles. The maximum absolute atomic E-state index is 13.2. The number of nitrogens with one attached hydrogen (secondary N) is 1. The zero-order valence-corrected chi connectivity index (χ0v) is 20.0. The maximum atomic E-state index is 13.2. The molecule has 3 atom stereocenters. The maximum Gasteiger partial charge on any atom is 0.346 e. The fourth-order valence-electron chi connectivity index (χ4n) is 4.40. The molecule has 1 aliphatic heterocycles. The first-order valence-corrected chi connectivity index (χ1v) is 12.9. The second kappa shape index (κ2) is 10.1. The zero-order valence-electron chi connectivity index (χ0n) is 18.5. The van der Waals surface area contributed by atoms with Crippen LogP contribution in [0, 0.1) is 0 Å². The summed E-state index contributed by atoms with van der Waals surface area (Å²) in [7, 11) is -3.65. The Morgan fingerprint density at radius 1 is 1.12 bits per heavy atom. The van der Waals surface area contributed by atoms with Crippen LogP contribution in [0.2, 0.25) is 5.02 Å². The van der Waals surface area contributed by atoms with Crippen LogP contribution >= 0.6 is 11.6 Å². The highest BCUT2D eigenvalue weighted by Gasteiger charge is 2.62. The van der Waals surface area contributed by atoms with Crippen molar-refractivity contribution in [2.75, 3.05) is 6.54 Å². The molecule has 2 aromatic carbocycles. The Balaban J connectivity index is 1.69. The van der Waals surface area contributed by atoms with Crippen LogP contribution in [-0.4, -0.2) is 36.7 Å². The molecule has 2 amide bonds. The Morgan fingerprint density at radius 3 is 2.41 bits per heavy atom. The Morgan fingerprint density at radius 2 is 1.78 bits per heavy atom. The summed E-state index contributed by atoms with van der Waals surface area (Å²) in [6, 6.07) is 16.6. The highest BCUT2D eigenvalue weighted by Crippen LogP contribution is 2.35. The Labute approximate surface area is 195 Å². The monoisotopic (exact) mass is 477 g/mol. The predicted octanol–water partition coefficient (Wildman–Crippen LogP) is 4.35. The van der Waals surface area contributed by atoms with E-state index in [1.54, 1.807) is 24.3 Å². The predicted molar refractivity (Wildman–Crippen MR) is 125 cm³/mol. The van der Waals surface area contributed by atoms with E-state index in [1.807, 2.05) is 30.3 Å². The van der Waals surface area contributed by atoms with Gasteiger partial charge in [-0.15, -0.1) is 4.59 Å². The third-order valence-electron chi connectivity index (χ3n) is 6.10. The molecule has 3 unspecified atom stereocenters. The van der Waals surface area contributed by atoms with Crippen molar-refractivity contribution in [3.63, 3.8) is 0 Å². The molecule has 2 aromatic rings. The lowest BCUT2D eigenvalue weighted by molar-refractivity contribution is -0.925. The van der Waals surface area contributed by atoms with Crippen LogP contribution < -0.4 is 5.43 Å². The number of hydrogen-bond donors (Lipinski definition) is 1. The first-order chi connectivity index (χ1) is 15.2. The van der Waals surface area contributed by atoms with Gasteiger partial charge in [-0.1, -0.05) is 67.1 Å². The van der Waals surface area contributed by atoms with Gasteiger partial charge in [0.15, 0.2) is 0 Å². The number of nitrogens with zero attached hydrogens (tertiary/aromatic N) is 1. The number of quaternary nitrogens is 1. The van der Waals surface area contributed by atoms with E-state index in [2.05, 4.69) is 12.3 Å². The largest absolute Gasteiger partial charge is 0.346 e. The second-order valence-corrected chi connectivity index (χ2v) is 11.1. The first kappa shape index (κ1) is 24.4. The highest BCUT2D eigenvalue weighted by molar-refractivity contribution is 7.91. The van der Waals surface area contributed by atoms with Gasteiger partial charge in [0.05, 0.1) is 5.75 Å². The van der Waals surface area contributed by atoms with E-state index in [0.29, 0.717) is 12.0 Å². The van der Waals surface area contributed by atoms with Gasteiger partial charge in [0.2, 0.25) is 15.2 Å². The van der Waals surface area contributed by atoms with E-state index < -0.39 is 25.7 Å². The molecule has 0 radical (unpaired) electrons. The lowest BCUT2D eigenvalue weighted by Gasteiger charge is -2.46. The highest BCUT2D eigenvalue weighted by atomic mass is 35.5. The van der Waals surface area contributed by atoms with Crippen LogP contribution in [0.4, 0.5) is 0 Å². The van der Waals surface area contributed by atoms with Crippen molar-refractivity contribution in [1.29, 1.82) is 0 Å². The van der Waals surface area contributed by atoms with Crippen molar-refractivity contribution in [3.8, 4) is 0 Å². The number of carbonyl (C=O) groups excluding carboxylic acids is 2. The lowest BCUT2D eigenvalue weighted by Crippen LogP contribution is -2.78. The number of likely N-dealkylation sites (tertiary alicyclic amines) is 1. The molecule has 0 bridgehead atoms. The normalized spacial score (nSPS) is 21.6. The zero-order chi connectivity index (χ0) is 23.4. The van der Waals surface area contributed by atoms with E-state index in [0.717, 1.165) is 23.4 Å². The summed E-state index contributed by atoms with van der Waals surface area (Å²) in [4.78, 5) is 24.6. The molecule has 0 saturated carbocycles. The number of sulfone groups is 1. The summed E-state index contributed by atoms with van der Waals surface area (Å²) < 4.78 is 25.8. The van der Waals surface area contributed by atoms with E-state index in [4.69, 9.17) is 11.6 Å². The van der Waals surface area contributed by atoms with E-state index in [1.165, 1.54) is 6.92 Å². The minimum atomic E-state index is -3.65. The molecule has 3 rings (SSSR count). The molecule has 172 valence electrons. The Hall–Kier alpha value is -2.22. The van der Waals surface area contributed by atoms with Gasteiger partial charge in [-0.05, 0) is 42.4 Å². The van der Waals surface area contributed by atoms with E-state index >= 15 is 0 Å². The average molecular weight is 478 g/mol. The van der Waals surface area contributed by atoms with Gasteiger partial charge in [0, 0.05) is 11.9 Å². The Bertz CT molecular complexity index is 1070. The fourth-order valence-corrected chi connectivity index (χ4v) is 6.79. The van der Waals surface area contributed by atoms with Crippen LogP contribution in [0.1, 0.15) is 56.6 Å². The number of unbranched alkanes of at least 4 members (excludes halogenated alkanes) is 1. The average Bonchev–Trinajstić information content (AvgIpc) is 2.74. The van der Waals surface area contributed by atoms with E-state index in [-0.39, 0.29) is 30.5 Å². The summed E-state index contributed by atoms with van der Waals surface area (Å²) in [6.07, 6.45) is 2.16. The van der Waals surface area contributed by atoms with Gasteiger partial charge in [-0.2, -0.15) is 5.43 Å².